The van der Waals surface area contributed by atoms with Crippen molar-refractivity contribution in [2.45, 2.75) is 6.54 Å². The first-order chi connectivity index (χ1) is 9.58. The number of anilines is 2. The number of nitrogens with zero attached hydrogens (tertiary/aromatic N) is 1. The predicted molar refractivity (Wildman–Crippen MR) is 77.7 cm³/mol. The zero-order chi connectivity index (χ0) is 14.5. The van der Waals surface area contributed by atoms with Gasteiger partial charge in [-0.05, 0) is 23.8 Å². The van der Waals surface area contributed by atoms with Crippen LogP contribution in [-0.4, -0.2) is 18.0 Å². The number of nitrogens with one attached hydrogen (secondary N) is 1. The number of urea groups is 1. The van der Waals surface area contributed by atoms with E-state index in [1.54, 1.807) is 25.2 Å². The Balaban J connectivity index is 2.03. The summed E-state index contributed by atoms with van der Waals surface area (Å²) in [5, 5.41) is 2.52. The fourth-order valence-electron chi connectivity index (χ4n) is 1.78. The van der Waals surface area contributed by atoms with E-state index in [-0.39, 0.29) is 5.69 Å². The van der Waals surface area contributed by atoms with Crippen molar-refractivity contribution in [3.05, 3.63) is 59.9 Å². The van der Waals surface area contributed by atoms with Crippen molar-refractivity contribution >= 4 is 17.4 Å². The molecule has 0 aromatic heterocycles. The van der Waals surface area contributed by atoms with Gasteiger partial charge in [0, 0.05) is 19.3 Å². The molecule has 0 aliphatic heterocycles. The summed E-state index contributed by atoms with van der Waals surface area (Å²) in [5.74, 6) is -0.464. The lowest BCUT2D eigenvalue weighted by atomic mass is 10.2. The molecule has 0 aliphatic carbocycles. The van der Waals surface area contributed by atoms with Gasteiger partial charge in [0.1, 0.15) is 5.82 Å². The summed E-state index contributed by atoms with van der Waals surface area (Å²) in [6.45, 7) is 0.354. The molecule has 5 heteroatoms. The summed E-state index contributed by atoms with van der Waals surface area (Å²) in [6.07, 6.45) is 0. The third-order valence-corrected chi connectivity index (χ3v) is 2.92. The van der Waals surface area contributed by atoms with E-state index in [2.05, 4.69) is 5.32 Å². The van der Waals surface area contributed by atoms with Crippen molar-refractivity contribution in [3.63, 3.8) is 0 Å². The van der Waals surface area contributed by atoms with Crippen molar-refractivity contribution in [2.24, 2.45) is 0 Å². The smallest absolute Gasteiger partial charge is 0.321 e. The third-order valence-electron chi connectivity index (χ3n) is 2.92. The van der Waals surface area contributed by atoms with Crippen molar-refractivity contribution in [2.75, 3.05) is 18.1 Å². The number of hydrogen-bond acceptors (Lipinski definition) is 2. The Morgan fingerprint density at radius 1 is 1.20 bits per heavy atom. The van der Waals surface area contributed by atoms with Crippen LogP contribution in [0.3, 0.4) is 0 Å². The SMILES string of the molecule is CN(Cc1ccccc1N)C(=O)Nc1ccccc1F. The summed E-state index contributed by atoms with van der Waals surface area (Å²) >= 11 is 0. The number of halogens is 1. The average Bonchev–Trinajstić information content (AvgIpc) is 2.43. The molecule has 0 heterocycles. The molecule has 0 saturated carbocycles. The molecule has 3 N–H and O–H groups in total. The number of rotatable bonds is 3. The van der Waals surface area contributed by atoms with Crippen LogP contribution in [-0.2, 0) is 6.54 Å². The number of para-hydroxylation sites is 2. The van der Waals surface area contributed by atoms with Crippen LogP contribution in [0.25, 0.3) is 0 Å². The number of nitrogen functional groups attached to an aromatic ring is 1. The van der Waals surface area contributed by atoms with Crippen LogP contribution in [0, 0.1) is 5.82 Å². The number of amides is 2. The Morgan fingerprint density at radius 2 is 1.85 bits per heavy atom. The second-order valence-electron chi connectivity index (χ2n) is 4.46. The normalized spacial score (nSPS) is 10.1. The number of carbonyl (C=O) groups is 1. The molecule has 0 atom stereocenters. The molecule has 0 spiro atoms. The minimum absolute atomic E-state index is 0.158. The lowest BCUT2D eigenvalue weighted by Crippen LogP contribution is -2.31. The van der Waals surface area contributed by atoms with Gasteiger partial charge in [-0.1, -0.05) is 30.3 Å². The Morgan fingerprint density at radius 3 is 2.55 bits per heavy atom. The van der Waals surface area contributed by atoms with E-state index in [1.165, 1.54) is 17.0 Å². The second-order valence-corrected chi connectivity index (χ2v) is 4.46. The lowest BCUT2D eigenvalue weighted by molar-refractivity contribution is 0.220. The topological polar surface area (TPSA) is 58.4 Å². The number of benzene rings is 2. The first-order valence-corrected chi connectivity index (χ1v) is 6.18. The maximum Gasteiger partial charge on any atom is 0.321 e. The molecule has 4 nitrogen and oxygen atoms in total. The Hall–Kier alpha value is -2.56. The zero-order valence-corrected chi connectivity index (χ0v) is 11.1. The second kappa shape index (κ2) is 6.06. The van der Waals surface area contributed by atoms with Gasteiger partial charge in [0.2, 0.25) is 0 Å². The summed E-state index contributed by atoms with van der Waals surface area (Å²) in [4.78, 5) is 13.4. The van der Waals surface area contributed by atoms with Gasteiger partial charge in [0.15, 0.2) is 0 Å². The van der Waals surface area contributed by atoms with Gasteiger partial charge in [-0.25, -0.2) is 9.18 Å². The van der Waals surface area contributed by atoms with Crippen LogP contribution in [0.2, 0.25) is 0 Å². The predicted octanol–water partition coefficient (Wildman–Crippen LogP) is 3.07. The highest BCUT2D eigenvalue weighted by atomic mass is 19.1. The van der Waals surface area contributed by atoms with Gasteiger partial charge in [0.05, 0.1) is 5.69 Å². The molecule has 2 amide bonds. The quantitative estimate of drug-likeness (QED) is 0.844. The number of hydrogen-bond donors (Lipinski definition) is 2. The summed E-state index contributed by atoms with van der Waals surface area (Å²) in [7, 11) is 1.63. The van der Waals surface area contributed by atoms with Crippen molar-refractivity contribution < 1.29 is 9.18 Å². The van der Waals surface area contributed by atoms with Gasteiger partial charge in [0.25, 0.3) is 0 Å². The number of nitrogens with two attached hydrogens (primary N) is 1. The highest BCUT2D eigenvalue weighted by molar-refractivity contribution is 5.89. The Labute approximate surface area is 117 Å². The molecule has 20 heavy (non-hydrogen) atoms. The van der Waals surface area contributed by atoms with Crippen molar-refractivity contribution in [1.82, 2.24) is 4.90 Å². The summed E-state index contributed by atoms with van der Waals surface area (Å²) in [6, 6.07) is 13.0. The van der Waals surface area contributed by atoms with Crippen LogP contribution in [0.4, 0.5) is 20.6 Å². The molecule has 0 fully saturated rings. The van der Waals surface area contributed by atoms with Gasteiger partial charge >= 0.3 is 6.03 Å². The average molecular weight is 273 g/mol. The Bertz CT molecular complexity index is 616. The molecule has 0 unspecified atom stereocenters. The summed E-state index contributed by atoms with van der Waals surface area (Å²) < 4.78 is 13.5. The molecule has 2 aromatic carbocycles. The van der Waals surface area contributed by atoms with Crippen LogP contribution in [0.15, 0.2) is 48.5 Å². The first kappa shape index (κ1) is 13.9. The van der Waals surface area contributed by atoms with E-state index < -0.39 is 11.8 Å². The lowest BCUT2D eigenvalue weighted by Gasteiger charge is -2.19. The van der Waals surface area contributed by atoms with E-state index in [0.717, 1.165) is 5.56 Å². The van der Waals surface area contributed by atoms with Gasteiger partial charge < -0.3 is 16.0 Å². The van der Waals surface area contributed by atoms with Gasteiger partial charge in [-0.15, -0.1) is 0 Å². The van der Waals surface area contributed by atoms with Crippen LogP contribution in [0.5, 0.6) is 0 Å². The molecule has 2 rings (SSSR count). The maximum atomic E-state index is 13.5. The van der Waals surface area contributed by atoms with Crippen molar-refractivity contribution in [3.8, 4) is 0 Å². The van der Waals surface area contributed by atoms with Crippen LogP contribution in [0.1, 0.15) is 5.56 Å². The first-order valence-electron chi connectivity index (χ1n) is 6.18. The van der Waals surface area contributed by atoms with E-state index in [9.17, 15) is 9.18 Å². The van der Waals surface area contributed by atoms with Gasteiger partial charge in [-0.2, -0.15) is 0 Å². The molecule has 0 bridgehead atoms. The minimum atomic E-state index is -0.464. The minimum Gasteiger partial charge on any atom is -0.398 e. The zero-order valence-electron chi connectivity index (χ0n) is 11.1. The van der Waals surface area contributed by atoms with E-state index >= 15 is 0 Å². The summed E-state index contributed by atoms with van der Waals surface area (Å²) in [5.41, 5.74) is 7.45. The largest absolute Gasteiger partial charge is 0.398 e. The van der Waals surface area contributed by atoms with Gasteiger partial charge in [-0.3, -0.25) is 0 Å². The monoisotopic (exact) mass is 273 g/mol. The third kappa shape index (κ3) is 3.26. The molecule has 104 valence electrons. The van der Waals surface area contributed by atoms with E-state index in [0.29, 0.717) is 12.2 Å². The molecule has 0 aliphatic rings. The van der Waals surface area contributed by atoms with E-state index in [1.807, 2.05) is 18.2 Å². The Kier molecular flexibility index (Phi) is 4.20. The highest BCUT2D eigenvalue weighted by Gasteiger charge is 2.12. The molecular weight excluding hydrogens is 257 g/mol. The fourth-order valence-corrected chi connectivity index (χ4v) is 1.78. The molecule has 2 aromatic rings. The van der Waals surface area contributed by atoms with Crippen molar-refractivity contribution in [1.29, 1.82) is 0 Å². The fraction of sp³-hybridized carbons (Fsp3) is 0.133. The molecular formula is C15H16FN3O. The highest BCUT2D eigenvalue weighted by Crippen LogP contribution is 2.15. The molecule has 0 radical (unpaired) electrons. The van der Waals surface area contributed by atoms with E-state index in [4.69, 9.17) is 5.73 Å². The number of carbonyl (C=O) groups excluding carboxylic acids is 1. The maximum absolute atomic E-state index is 13.5. The molecule has 0 saturated heterocycles. The van der Waals surface area contributed by atoms with Crippen LogP contribution < -0.4 is 11.1 Å². The standard InChI is InChI=1S/C15H16FN3O/c1-19(10-11-6-2-4-8-13(11)17)15(20)18-14-9-5-3-7-12(14)16/h2-9H,10,17H2,1H3,(H,18,20). The van der Waals surface area contributed by atoms with Crippen LogP contribution >= 0.6 is 0 Å².